The molecule has 6 heteroatoms. The van der Waals surface area contributed by atoms with Crippen LogP contribution in [-0.2, 0) is 4.79 Å². The number of nitrogens with one attached hydrogen (secondary N) is 1. The molecular weight excluding hydrogens is 297 g/mol. The number of aromatic nitrogens is 1. The van der Waals surface area contributed by atoms with E-state index in [-0.39, 0.29) is 17.4 Å². The van der Waals surface area contributed by atoms with E-state index in [4.69, 9.17) is 0 Å². The highest BCUT2D eigenvalue weighted by atomic mass is 19.1. The summed E-state index contributed by atoms with van der Waals surface area (Å²) in [6.07, 6.45) is 6.69. The Balaban J connectivity index is 1.82. The number of amides is 2. The zero-order valence-corrected chi connectivity index (χ0v) is 13.3. The molecule has 5 nitrogen and oxygen atoms in total. The summed E-state index contributed by atoms with van der Waals surface area (Å²) in [4.78, 5) is 29.7. The second-order valence-corrected chi connectivity index (χ2v) is 6.41. The number of pyridine rings is 1. The molecule has 1 aromatic heterocycles. The predicted molar refractivity (Wildman–Crippen MR) is 82.5 cm³/mol. The summed E-state index contributed by atoms with van der Waals surface area (Å²) in [6, 6.07) is 1.33. The number of hydrogen-bond donors (Lipinski definition) is 1. The van der Waals surface area contributed by atoms with Crippen molar-refractivity contribution in [1.82, 2.24) is 15.2 Å². The van der Waals surface area contributed by atoms with Crippen LogP contribution in [-0.4, -0.2) is 28.7 Å². The summed E-state index contributed by atoms with van der Waals surface area (Å²) in [5, 5.41) is 2.69. The Hall–Kier alpha value is -2.50. The molecule has 3 rings (SSSR count). The summed E-state index contributed by atoms with van der Waals surface area (Å²) in [5.41, 5.74) is 0.949. The number of carbonyl (C=O) groups excluding carboxylic acids is 2. The zero-order valence-electron chi connectivity index (χ0n) is 13.3. The third-order valence-corrected chi connectivity index (χ3v) is 4.62. The number of hydrogen-bond acceptors (Lipinski definition) is 3. The first kappa shape index (κ1) is 15.4. The second kappa shape index (κ2) is 5.30. The summed E-state index contributed by atoms with van der Waals surface area (Å²) in [5.74, 6) is -1.04. The Labute approximate surface area is 133 Å². The minimum atomic E-state index is -0.666. The number of rotatable bonds is 2. The van der Waals surface area contributed by atoms with Crippen LogP contribution in [0.2, 0.25) is 0 Å². The normalized spacial score (nSPS) is 22.3. The van der Waals surface area contributed by atoms with Gasteiger partial charge in [0.2, 0.25) is 5.91 Å². The standard InChI is InChI=1S/C17H18FN3O2/c1-17(2)12-5-4-10(8-14(12)21(3)16(17)23)20-15(22)11-6-7-19-9-13(11)18/h4,6-9,12H,5H2,1-3H3,(H,20,22). The monoisotopic (exact) mass is 315 g/mol. The molecule has 1 aromatic rings. The summed E-state index contributed by atoms with van der Waals surface area (Å²) < 4.78 is 13.6. The van der Waals surface area contributed by atoms with Gasteiger partial charge in [0.05, 0.1) is 17.2 Å². The van der Waals surface area contributed by atoms with Gasteiger partial charge in [-0.15, -0.1) is 0 Å². The van der Waals surface area contributed by atoms with Gasteiger partial charge in [0.15, 0.2) is 5.82 Å². The molecule has 2 aliphatic rings. The highest BCUT2D eigenvalue weighted by Gasteiger charge is 2.49. The first-order valence-electron chi connectivity index (χ1n) is 7.43. The van der Waals surface area contributed by atoms with E-state index in [1.54, 1.807) is 18.0 Å². The number of allylic oxidation sites excluding steroid dienone is 3. The Bertz CT molecular complexity index is 752. The number of nitrogens with zero attached hydrogens (tertiary/aromatic N) is 2. The van der Waals surface area contributed by atoms with Crippen molar-refractivity contribution in [2.24, 2.45) is 11.3 Å². The molecule has 23 heavy (non-hydrogen) atoms. The highest BCUT2D eigenvalue weighted by Crippen LogP contribution is 2.46. The zero-order chi connectivity index (χ0) is 16.8. The first-order valence-corrected chi connectivity index (χ1v) is 7.43. The van der Waals surface area contributed by atoms with Crippen molar-refractivity contribution in [2.45, 2.75) is 20.3 Å². The van der Waals surface area contributed by atoms with E-state index in [1.165, 1.54) is 12.3 Å². The van der Waals surface area contributed by atoms with Gasteiger partial charge in [-0.3, -0.25) is 14.6 Å². The fourth-order valence-electron chi connectivity index (χ4n) is 3.22. The van der Waals surface area contributed by atoms with Crippen LogP contribution in [0.1, 0.15) is 30.6 Å². The van der Waals surface area contributed by atoms with Crippen LogP contribution in [0.4, 0.5) is 4.39 Å². The maximum Gasteiger partial charge on any atom is 0.258 e. The highest BCUT2D eigenvalue weighted by molar-refractivity contribution is 5.96. The van der Waals surface area contributed by atoms with Gasteiger partial charge in [0.25, 0.3) is 5.91 Å². The van der Waals surface area contributed by atoms with Crippen molar-refractivity contribution in [3.63, 3.8) is 0 Å². The molecule has 2 heterocycles. The van der Waals surface area contributed by atoms with Gasteiger partial charge >= 0.3 is 0 Å². The minimum absolute atomic E-state index is 0.0578. The lowest BCUT2D eigenvalue weighted by Crippen LogP contribution is -2.29. The van der Waals surface area contributed by atoms with E-state index in [0.29, 0.717) is 12.1 Å². The average molecular weight is 315 g/mol. The fourth-order valence-corrected chi connectivity index (χ4v) is 3.22. The molecule has 1 atom stereocenters. The van der Waals surface area contributed by atoms with Crippen molar-refractivity contribution < 1.29 is 14.0 Å². The van der Waals surface area contributed by atoms with Gasteiger partial charge in [-0.2, -0.15) is 0 Å². The average Bonchev–Trinajstić information content (AvgIpc) is 2.68. The topological polar surface area (TPSA) is 62.3 Å². The lowest BCUT2D eigenvalue weighted by atomic mass is 9.76. The van der Waals surface area contributed by atoms with Crippen LogP contribution < -0.4 is 5.32 Å². The molecule has 0 radical (unpaired) electrons. The molecule has 1 aliphatic carbocycles. The van der Waals surface area contributed by atoms with Crippen molar-refractivity contribution in [1.29, 1.82) is 0 Å². The first-order chi connectivity index (χ1) is 10.8. The molecule has 1 unspecified atom stereocenters. The minimum Gasteiger partial charge on any atom is -0.322 e. The molecule has 0 spiro atoms. The van der Waals surface area contributed by atoms with Crippen LogP contribution in [0.25, 0.3) is 0 Å². The van der Waals surface area contributed by atoms with Gasteiger partial charge in [0, 0.05) is 30.6 Å². The Morgan fingerprint density at radius 3 is 2.91 bits per heavy atom. The quantitative estimate of drug-likeness (QED) is 0.910. The van der Waals surface area contributed by atoms with E-state index in [0.717, 1.165) is 11.9 Å². The molecular formula is C17H18FN3O2. The molecule has 1 aliphatic heterocycles. The summed E-state index contributed by atoms with van der Waals surface area (Å²) in [7, 11) is 1.74. The van der Waals surface area contributed by atoms with E-state index in [9.17, 15) is 14.0 Å². The Morgan fingerprint density at radius 1 is 1.48 bits per heavy atom. The Morgan fingerprint density at radius 2 is 2.22 bits per heavy atom. The van der Waals surface area contributed by atoms with E-state index in [1.807, 2.05) is 19.9 Å². The second-order valence-electron chi connectivity index (χ2n) is 6.41. The van der Waals surface area contributed by atoms with Gasteiger partial charge in [-0.05, 0) is 18.6 Å². The van der Waals surface area contributed by atoms with Crippen LogP contribution in [0.5, 0.6) is 0 Å². The lowest BCUT2D eigenvalue weighted by Gasteiger charge is -2.25. The van der Waals surface area contributed by atoms with Gasteiger partial charge in [-0.1, -0.05) is 19.9 Å². The molecule has 0 aromatic carbocycles. The smallest absolute Gasteiger partial charge is 0.258 e. The molecule has 0 saturated carbocycles. The molecule has 1 N–H and O–H groups in total. The van der Waals surface area contributed by atoms with E-state index in [2.05, 4.69) is 10.3 Å². The van der Waals surface area contributed by atoms with Gasteiger partial charge in [0.1, 0.15) is 0 Å². The number of carbonyl (C=O) groups is 2. The van der Waals surface area contributed by atoms with Crippen molar-refractivity contribution in [2.75, 3.05) is 7.05 Å². The molecule has 2 amide bonds. The van der Waals surface area contributed by atoms with Crippen LogP contribution >= 0.6 is 0 Å². The summed E-state index contributed by atoms with van der Waals surface area (Å²) in [6.45, 7) is 3.86. The van der Waals surface area contributed by atoms with E-state index < -0.39 is 17.1 Å². The largest absolute Gasteiger partial charge is 0.322 e. The third kappa shape index (κ3) is 2.44. The van der Waals surface area contributed by atoms with Gasteiger partial charge in [-0.25, -0.2) is 4.39 Å². The molecule has 1 saturated heterocycles. The van der Waals surface area contributed by atoms with Crippen LogP contribution in [0.3, 0.4) is 0 Å². The number of halogens is 1. The van der Waals surface area contributed by atoms with Crippen molar-refractivity contribution in [3.8, 4) is 0 Å². The predicted octanol–water partition coefficient (Wildman–Crippen LogP) is 2.24. The Kier molecular flexibility index (Phi) is 3.55. The molecule has 1 fully saturated rings. The lowest BCUT2D eigenvalue weighted by molar-refractivity contribution is -0.133. The number of likely N-dealkylation sites (tertiary alicyclic amines) is 1. The molecule has 120 valence electrons. The van der Waals surface area contributed by atoms with Crippen molar-refractivity contribution in [3.05, 3.63) is 53.4 Å². The fraction of sp³-hybridized carbons (Fsp3) is 0.353. The SMILES string of the molecule is CN1C(=O)C(C)(C)C2CC=C(NC(=O)c3ccncc3F)C=C21. The third-order valence-electron chi connectivity index (χ3n) is 4.62. The van der Waals surface area contributed by atoms with Crippen LogP contribution in [0, 0.1) is 17.2 Å². The molecule has 0 bridgehead atoms. The summed E-state index contributed by atoms with van der Waals surface area (Å²) >= 11 is 0. The maximum absolute atomic E-state index is 13.6. The van der Waals surface area contributed by atoms with E-state index >= 15 is 0 Å². The van der Waals surface area contributed by atoms with Crippen molar-refractivity contribution >= 4 is 11.8 Å². The van der Waals surface area contributed by atoms with Crippen LogP contribution in [0.15, 0.2) is 42.0 Å². The maximum atomic E-state index is 13.6. The number of fused-ring (bicyclic) bond motifs is 1. The van der Waals surface area contributed by atoms with Gasteiger partial charge < -0.3 is 10.2 Å².